The lowest BCUT2D eigenvalue weighted by molar-refractivity contribution is 0.193. The van der Waals surface area contributed by atoms with E-state index in [4.69, 9.17) is 4.74 Å². The van der Waals surface area contributed by atoms with Crippen molar-refractivity contribution in [3.05, 3.63) is 29.3 Å². The topological polar surface area (TPSA) is 41.6 Å². The van der Waals surface area contributed by atoms with Crippen LogP contribution in [-0.2, 0) is 5.41 Å². The first-order valence-electron chi connectivity index (χ1n) is 7.64. The van der Waals surface area contributed by atoms with Crippen LogP contribution in [0.4, 0.5) is 4.79 Å². The molecule has 1 aliphatic rings. The van der Waals surface area contributed by atoms with E-state index in [2.05, 4.69) is 39.1 Å². The molecule has 116 valence electrons. The van der Waals surface area contributed by atoms with Gasteiger partial charge in [-0.3, -0.25) is 0 Å². The molecule has 1 aromatic carbocycles. The molecule has 21 heavy (non-hydrogen) atoms. The second kappa shape index (κ2) is 6.37. The molecule has 2 rings (SSSR count). The number of nitrogens with one attached hydrogen (secondary N) is 1. The van der Waals surface area contributed by atoms with Gasteiger partial charge in [-0.1, -0.05) is 38.5 Å². The van der Waals surface area contributed by atoms with Crippen molar-refractivity contribution < 1.29 is 9.53 Å². The maximum Gasteiger partial charge on any atom is 0.320 e. The second-order valence-electron chi connectivity index (χ2n) is 6.71. The Kier molecular flexibility index (Phi) is 4.76. The number of ether oxygens (including phenoxy) is 1. The van der Waals surface area contributed by atoms with Crippen LogP contribution in [0.15, 0.2) is 18.2 Å². The summed E-state index contributed by atoms with van der Waals surface area (Å²) < 4.78 is 5.79. The summed E-state index contributed by atoms with van der Waals surface area (Å²) in [4.78, 5) is 13.7. The number of rotatable bonds is 3. The molecule has 0 unspecified atom stereocenters. The Bertz CT molecular complexity index is 500. The third-order valence-electron chi connectivity index (χ3n) is 3.79. The quantitative estimate of drug-likeness (QED) is 0.866. The van der Waals surface area contributed by atoms with E-state index in [1.165, 1.54) is 5.56 Å². The van der Waals surface area contributed by atoms with Crippen molar-refractivity contribution in [2.24, 2.45) is 0 Å². The van der Waals surface area contributed by atoms with Gasteiger partial charge in [0.1, 0.15) is 5.75 Å². The minimum atomic E-state index is -0.0306. The largest absolute Gasteiger partial charge is 0.473 e. The first kappa shape index (κ1) is 15.7. The van der Waals surface area contributed by atoms with E-state index in [0.717, 1.165) is 37.2 Å². The molecule has 1 heterocycles. The number of aryl methyl sites for hydroxylation is 1. The molecule has 1 aromatic rings. The van der Waals surface area contributed by atoms with Crippen LogP contribution < -0.4 is 10.1 Å². The lowest BCUT2D eigenvalue weighted by atomic mass is 9.85. The SMILES string of the molecule is Cc1ccc(OCNC(=O)N2CCCC2)c(C(C)(C)C)c1. The number of likely N-dealkylation sites (tertiary alicyclic amines) is 1. The van der Waals surface area contributed by atoms with Crippen molar-refractivity contribution in [1.82, 2.24) is 10.2 Å². The van der Waals surface area contributed by atoms with Crippen molar-refractivity contribution in [1.29, 1.82) is 0 Å². The summed E-state index contributed by atoms with van der Waals surface area (Å²) in [6, 6.07) is 6.14. The number of hydrogen-bond donors (Lipinski definition) is 1. The zero-order valence-corrected chi connectivity index (χ0v) is 13.5. The van der Waals surface area contributed by atoms with Gasteiger partial charge >= 0.3 is 6.03 Å². The number of carbonyl (C=O) groups is 1. The maximum atomic E-state index is 11.9. The molecule has 0 aromatic heterocycles. The van der Waals surface area contributed by atoms with Gasteiger partial charge in [-0.05, 0) is 36.8 Å². The average Bonchev–Trinajstić information content (AvgIpc) is 2.93. The molecule has 1 N–H and O–H groups in total. The Labute approximate surface area is 127 Å². The van der Waals surface area contributed by atoms with Crippen LogP contribution in [0.2, 0.25) is 0 Å². The fraction of sp³-hybridized carbons (Fsp3) is 0.588. The first-order valence-corrected chi connectivity index (χ1v) is 7.64. The standard InChI is InChI=1S/C17H26N2O2/c1-13-7-8-15(14(11-13)17(2,3)4)21-12-18-16(20)19-9-5-6-10-19/h7-8,11H,5-6,9-10,12H2,1-4H3,(H,18,20). The van der Waals surface area contributed by atoms with Gasteiger partial charge in [-0.2, -0.15) is 0 Å². The Morgan fingerprint density at radius 1 is 1.29 bits per heavy atom. The monoisotopic (exact) mass is 290 g/mol. The summed E-state index contributed by atoms with van der Waals surface area (Å²) in [5.74, 6) is 0.842. The molecule has 1 saturated heterocycles. The van der Waals surface area contributed by atoms with E-state index in [0.29, 0.717) is 0 Å². The molecule has 0 atom stereocenters. The number of benzene rings is 1. The van der Waals surface area contributed by atoms with E-state index in [1.54, 1.807) is 0 Å². The molecular weight excluding hydrogens is 264 g/mol. The maximum absolute atomic E-state index is 11.9. The van der Waals surface area contributed by atoms with Crippen LogP contribution in [-0.4, -0.2) is 30.8 Å². The Morgan fingerprint density at radius 2 is 1.95 bits per heavy atom. The number of nitrogens with zero attached hydrogens (tertiary/aromatic N) is 1. The van der Waals surface area contributed by atoms with Gasteiger partial charge in [0.05, 0.1) is 0 Å². The lowest BCUT2D eigenvalue weighted by Gasteiger charge is -2.24. The molecule has 0 spiro atoms. The molecule has 2 amide bonds. The van der Waals surface area contributed by atoms with E-state index < -0.39 is 0 Å². The third kappa shape index (κ3) is 4.13. The molecular formula is C17H26N2O2. The van der Waals surface area contributed by atoms with E-state index in [9.17, 15) is 4.79 Å². The average molecular weight is 290 g/mol. The summed E-state index contributed by atoms with van der Waals surface area (Å²) in [7, 11) is 0. The summed E-state index contributed by atoms with van der Waals surface area (Å²) >= 11 is 0. The van der Waals surface area contributed by atoms with Gasteiger partial charge in [0.25, 0.3) is 0 Å². The summed E-state index contributed by atoms with van der Waals surface area (Å²) in [5.41, 5.74) is 2.40. The highest BCUT2D eigenvalue weighted by atomic mass is 16.5. The van der Waals surface area contributed by atoms with E-state index >= 15 is 0 Å². The molecule has 1 aliphatic heterocycles. The minimum absolute atomic E-state index is 0.0142. The van der Waals surface area contributed by atoms with Crippen molar-refractivity contribution in [3.8, 4) is 5.75 Å². The fourth-order valence-corrected chi connectivity index (χ4v) is 2.56. The van der Waals surface area contributed by atoms with Gasteiger partial charge in [0, 0.05) is 13.1 Å². The van der Waals surface area contributed by atoms with Gasteiger partial charge in [-0.15, -0.1) is 0 Å². The zero-order chi connectivity index (χ0) is 15.5. The Morgan fingerprint density at radius 3 is 2.57 bits per heavy atom. The molecule has 0 bridgehead atoms. The smallest absolute Gasteiger partial charge is 0.320 e. The molecule has 4 heteroatoms. The van der Waals surface area contributed by atoms with E-state index in [1.807, 2.05) is 17.0 Å². The van der Waals surface area contributed by atoms with Gasteiger partial charge in [0.2, 0.25) is 0 Å². The van der Waals surface area contributed by atoms with Crippen LogP contribution in [0, 0.1) is 6.92 Å². The second-order valence-corrected chi connectivity index (χ2v) is 6.71. The normalized spacial score (nSPS) is 15.1. The van der Waals surface area contributed by atoms with Crippen LogP contribution in [0.5, 0.6) is 5.75 Å². The molecule has 0 radical (unpaired) electrons. The molecule has 4 nitrogen and oxygen atoms in total. The lowest BCUT2D eigenvalue weighted by Crippen LogP contribution is -2.39. The van der Waals surface area contributed by atoms with Crippen molar-refractivity contribution in [2.45, 2.75) is 46.0 Å². The van der Waals surface area contributed by atoms with Gasteiger partial charge < -0.3 is 15.0 Å². The summed E-state index contributed by atoms with van der Waals surface area (Å²) in [5, 5.41) is 2.83. The molecule has 0 aliphatic carbocycles. The molecule has 0 saturated carbocycles. The number of hydrogen-bond acceptors (Lipinski definition) is 2. The van der Waals surface area contributed by atoms with Crippen molar-refractivity contribution in [2.75, 3.05) is 19.8 Å². The van der Waals surface area contributed by atoms with Crippen LogP contribution in [0.1, 0.15) is 44.7 Å². The van der Waals surface area contributed by atoms with Gasteiger partial charge in [-0.25, -0.2) is 4.79 Å². The minimum Gasteiger partial charge on any atom is -0.473 e. The predicted octanol–water partition coefficient (Wildman–Crippen LogP) is 3.43. The highest BCUT2D eigenvalue weighted by molar-refractivity contribution is 5.74. The predicted molar refractivity (Wildman–Crippen MR) is 84.7 cm³/mol. The highest BCUT2D eigenvalue weighted by Gasteiger charge is 2.20. The van der Waals surface area contributed by atoms with E-state index in [-0.39, 0.29) is 18.2 Å². The van der Waals surface area contributed by atoms with Crippen LogP contribution in [0.3, 0.4) is 0 Å². The number of amides is 2. The third-order valence-corrected chi connectivity index (χ3v) is 3.79. The molecule has 1 fully saturated rings. The van der Waals surface area contributed by atoms with Crippen molar-refractivity contribution in [3.63, 3.8) is 0 Å². The first-order chi connectivity index (χ1) is 9.88. The Balaban J connectivity index is 1.95. The highest BCUT2D eigenvalue weighted by Crippen LogP contribution is 2.31. The van der Waals surface area contributed by atoms with Gasteiger partial charge in [0.15, 0.2) is 6.73 Å². The van der Waals surface area contributed by atoms with Crippen LogP contribution in [0.25, 0.3) is 0 Å². The summed E-state index contributed by atoms with van der Waals surface area (Å²) in [6.07, 6.45) is 2.20. The number of urea groups is 1. The zero-order valence-electron chi connectivity index (χ0n) is 13.5. The fourth-order valence-electron chi connectivity index (χ4n) is 2.56. The number of carbonyl (C=O) groups excluding carboxylic acids is 1. The Hall–Kier alpha value is -1.71. The van der Waals surface area contributed by atoms with Crippen LogP contribution >= 0.6 is 0 Å². The van der Waals surface area contributed by atoms with Crippen molar-refractivity contribution >= 4 is 6.03 Å². The summed E-state index contributed by atoms with van der Waals surface area (Å²) in [6.45, 7) is 10.5.